The molecule has 130 valence electrons. The highest BCUT2D eigenvalue weighted by Gasteiger charge is 2.21. The van der Waals surface area contributed by atoms with Crippen molar-refractivity contribution in [2.24, 2.45) is 14.1 Å². The lowest BCUT2D eigenvalue weighted by molar-refractivity contribution is 0.421. The first-order chi connectivity index (χ1) is 12.5. The van der Waals surface area contributed by atoms with E-state index in [1.54, 1.807) is 19.2 Å². The number of hydrogen-bond donors (Lipinski definition) is 0. The summed E-state index contributed by atoms with van der Waals surface area (Å²) in [5, 5.41) is 3.42. The summed E-state index contributed by atoms with van der Waals surface area (Å²) in [6, 6.07) is 11.5. The number of methoxy groups -OCH3 is 1. The molecule has 0 spiro atoms. The Balaban J connectivity index is 2.13. The summed E-state index contributed by atoms with van der Waals surface area (Å²) in [5.74, 6) is 0.136. The van der Waals surface area contributed by atoms with Gasteiger partial charge in [0.2, 0.25) is 0 Å². The summed E-state index contributed by atoms with van der Waals surface area (Å²) in [6.07, 6.45) is 0. The molecule has 0 radical (unpaired) electrons. The fraction of sp³-hybridized carbons (Fsp3) is 0.143. The van der Waals surface area contributed by atoms with E-state index in [2.05, 4.69) is 0 Å². The van der Waals surface area contributed by atoms with E-state index in [9.17, 15) is 8.78 Å². The third-order valence-electron chi connectivity index (χ3n) is 5.32. The molecule has 0 bridgehead atoms. The zero-order valence-electron chi connectivity index (χ0n) is 14.6. The van der Waals surface area contributed by atoms with E-state index < -0.39 is 0 Å². The van der Waals surface area contributed by atoms with Gasteiger partial charge in [-0.25, -0.2) is 8.78 Å². The van der Waals surface area contributed by atoms with E-state index in [-0.39, 0.29) is 11.6 Å². The second-order valence-electron chi connectivity index (χ2n) is 6.64. The summed E-state index contributed by atoms with van der Waals surface area (Å²) in [7, 11) is 5.52. The Hall–Kier alpha value is -3.08. The van der Waals surface area contributed by atoms with Crippen LogP contribution in [0.5, 0.6) is 5.75 Å². The van der Waals surface area contributed by atoms with Gasteiger partial charge in [-0.2, -0.15) is 0 Å². The van der Waals surface area contributed by atoms with Crippen LogP contribution in [0, 0.1) is 11.6 Å². The average Bonchev–Trinajstić information content (AvgIpc) is 3.06. The van der Waals surface area contributed by atoms with Crippen molar-refractivity contribution >= 4 is 43.6 Å². The number of fused-ring (bicyclic) bond motifs is 6. The first-order valence-electron chi connectivity index (χ1n) is 8.33. The number of halogens is 2. The van der Waals surface area contributed by atoms with E-state index in [4.69, 9.17) is 4.74 Å². The highest BCUT2D eigenvalue weighted by molar-refractivity contribution is 6.21. The number of aromatic nitrogens is 2. The topological polar surface area (TPSA) is 19.1 Å². The van der Waals surface area contributed by atoms with Gasteiger partial charge in [-0.15, -0.1) is 0 Å². The van der Waals surface area contributed by atoms with Crippen molar-refractivity contribution in [1.29, 1.82) is 0 Å². The van der Waals surface area contributed by atoms with Crippen LogP contribution in [0.3, 0.4) is 0 Å². The Labute approximate surface area is 148 Å². The molecule has 0 aliphatic rings. The van der Waals surface area contributed by atoms with Gasteiger partial charge in [0.15, 0.2) is 5.75 Å². The number of ether oxygens (including phenoxy) is 1. The maximum absolute atomic E-state index is 13.9. The maximum atomic E-state index is 13.9. The van der Waals surface area contributed by atoms with E-state index in [0.717, 1.165) is 43.6 Å². The SMILES string of the molecule is COc1c2c(cc3c4cc(F)ccc4n(C)c13)c1cc(F)ccc1n2C. The van der Waals surface area contributed by atoms with Crippen LogP contribution >= 0.6 is 0 Å². The van der Waals surface area contributed by atoms with Crippen molar-refractivity contribution in [3.8, 4) is 5.75 Å². The van der Waals surface area contributed by atoms with Crippen LogP contribution < -0.4 is 4.74 Å². The molecule has 5 aromatic rings. The van der Waals surface area contributed by atoms with Crippen LogP contribution in [-0.2, 0) is 14.1 Å². The van der Waals surface area contributed by atoms with Gasteiger partial charge in [-0.3, -0.25) is 0 Å². The smallest absolute Gasteiger partial charge is 0.167 e. The van der Waals surface area contributed by atoms with Gasteiger partial charge in [0, 0.05) is 46.7 Å². The molecule has 3 nitrogen and oxygen atoms in total. The Kier molecular flexibility index (Phi) is 2.91. The fourth-order valence-corrected chi connectivity index (χ4v) is 4.18. The van der Waals surface area contributed by atoms with Crippen molar-refractivity contribution < 1.29 is 13.5 Å². The van der Waals surface area contributed by atoms with Crippen LogP contribution in [0.2, 0.25) is 0 Å². The number of hydrogen-bond acceptors (Lipinski definition) is 1. The Morgan fingerprint density at radius 2 is 1.15 bits per heavy atom. The zero-order valence-corrected chi connectivity index (χ0v) is 14.6. The van der Waals surface area contributed by atoms with E-state index >= 15 is 0 Å². The van der Waals surface area contributed by atoms with Gasteiger partial charge in [0.05, 0.1) is 18.1 Å². The molecular weight excluding hydrogens is 334 g/mol. The van der Waals surface area contributed by atoms with Crippen LogP contribution in [0.1, 0.15) is 0 Å². The molecule has 0 aliphatic heterocycles. The van der Waals surface area contributed by atoms with Gasteiger partial charge in [-0.1, -0.05) is 0 Å². The second-order valence-corrected chi connectivity index (χ2v) is 6.64. The Bertz CT molecular complexity index is 1260. The summed E-state index contributed by atoms with van der Waals surface area (Å²) >= 11 is 0. The molecular formula is C21H16F2N2O. The van der Waals surface area contributed by atoms with Crippen LogP contribution in [0.15, 0.2) is 42.5 Å². The molecule has 0 saturated heterocycles. The summed E-state index contributed by atoms with van der Waals surface area (Å²) in [6.45, 7) is 0. The average molecular weight is 350 g/mol. The number of benzene rings is 3. The van der Waals surface area contributed by atoms with E-state index in [1.807, 2.05) is 29.3 Å². The molecule has 5 rings (SSSR count). The third kappa shape index (κ3) is 1.75. The van der Waals surface area contributed by atoms with Crippen LogP contribution in [0.25, 0.3) is 43.6 Å². The normalized spacial score (nSPS) is 12.0. The number of nitrogens with zero attached hydrogens (tertiary/aromatic N) is 2. The Morgan fingerprint density at radius 1 is 0.692 bits per heavy atom. The molecule has 0 fully saturated rings. The first-order valence-corrected chi connectivity index (χ1v) is 8.33. The first kappa shape index (κ1) is 15.2. The predicted molar refractivity (Wildman–Crippen MR) is 101 cm³/mol. The molecule has 5 heteroatoms. The van der Waals surface area contributed by atoms with Crippen molar-refractivity contribution in [2.45, 2.75) is 0 Å². The molecule has 26 heavy (non-hydrogen) atoms. The van der Waals surface area contributed by atoms with Crippen molar-refractivity contribution in [3.05, 3.63) is 54.1 Å². The van der Waals surface area contributed by atoms with Crippen molar-refractivity contribution in [2.75, 3.05) is 7.11 Å². The molecule has 3 aromatic carbocycles. The lowest BCUT2D eigenvalue weighted by Crippen LogP contribution is -1.95. The minimum atomic E-state index is -0.284. The summed E-state index contributed by atoms with van der Waals surface area (Å²) in [4.78, 5) is 0. The number of aryl methyl sites for hydroxylation is 2. The highest BCUT2D eigenvalue weighted by atomic mass is 19.1. The second kappa shape index (κ2) is 4.97. The molecule has 0 aliphatic carbocycles. The highest BCUT2D eigenvalue weighted by Crippen LogP contribution is 2.43. The van der Waals surface area contributed by atoms with E-state index in [0.29, 0.717) is 5.75 Å². The van der Waals surface area contributed by atoms with Crippen LogP contribution in [0.4, 0.5) is 8.78 Å². The van der Waals surface area contributed by atoms with Gasteiger partial charge in [0.1, 0.15) is 11.6 Å². The molecule has 2 aromatic heterocycles. The number of rotatable bonds is 1. The van der Waals surface area contributed by atoms with Gasteiger partial charge >= 0.3 is 0 Å². The van der Waals surface area contributed by atoms with Crippen LogP contribution in [-0.4, -0.2) is 16.2 Å². The third-order valence-corrected chi connectivity index (χ3v) is 5.32. The fourth-order valence-electron chi connectivity index (χ4n) is 4.18. The minimum absolute atomic E-state index is 0.284. The summed E-state index contributed by atoms with van der Waals surface area (Å²) < 4.78 is 37.6. The van der Waals surface area contributed by atoms with Crippen molar-refractivity contribution in [1.82, 2.24) is 9.13 Å². The molecule has 0 amide bonds. The van der Waals surface area contributed by atoms with E-state index in [1.165, 1.54) is 24.3 Å². The van der Waals surface area contributed by atoms with Crippen molar-refractivity contribution in [3.63, 3.8) is 0 Å². The molecule has 2 heterocycles. The molecule has 0 N–H and O–H groups in total. The largest absolute Gasteiger partial charge is 0.492 e. The Morgan fingerprint density at radius 3 is 1.58 bits per heavy atom. The van der Waals surface area contributed by atoms with Gasteiger partial charge in [0.25, 0.3) is 0 Å². The monoisotopic (exact) mass is 350 g/mol. The molecule has 0 unspecified atom stereocenters. The van der Waals surface area contributed by atoms with Gasteiger partial charge < -0.3 is 13.9 Å². The zero-order chi connectivity index (χ0) is 18.2. The minimum Gasteiger partial charge on any atom is -0.492 e. The maximum Gasteiger partial charge on any atom is 0.167 e. The molecule has 0 saturated carbocycles. The summed E-state index contributed by atoms with van der Waals surface area (Å²) in [5.41, 5.74) is 3.63. The lowest BCUT2D eigenvalue weighted by atomic mass is 10.1. The predicted octanol–water partition coefficient (Wildman–Crippen LogP) is 5.26. The quantitative estimate of drug-likeness (QED) is 0.403. The lowest BCUT2D eigenvalue weighted by Gasteiger charge is -2.09. The molecule has 0 atom stereocenters. The van der Waals surface area contributed by atoms with Gasteiger partial charge in [-0.05, 0) is 42.5 Å². The standard InChI is InChI=1S/C21H16F2N2O/c1-24-17-6-4-11(22)8-13(17)15-10-16-14-9-12(23)5-7-18(14)25(2)20(16)21(26-3)19(15)24/h4-10H,1-3H3.